The Morgan fingerprint density at radius 3 is 2.14 bits per heavy atom. The van der Waals surface area contributed by atoms with Gasteiger partial charge in [-0.1, -0.05) is 30.3 Å². The summed E-state index contributed by atoms with van der Waals surface area (Å²) in [5, 5.41) is 6.48. The standard InChI is InChI=1S/C14H12F5N3/c15-12(16)9-22(8-10-4-2-1-3-5-10)13-7-6-11(20-21-13)14(17,18)19/h1-7,12H,8-9H2. The number of halogens is 5. The highest BCUT2D eigenvalue weighted by Gasteiger charge is 2.33. The molecule has 8 heteroatoms. The van der Waals surface area contributed by atoms with Crippen molar-refractivity contribution >= 4 is 5.82 Å². The van der Waals surface area contributed by atoms with E-state index in [-0.39, 0.29) is 12.4 Å². The Hall–Kier alpha value is -2.25. The zero-order chi connectivity index (χ0) is 16.2. The molecule has 0 N–H and O–H groups in total. The van der Waals surface area contributed by atoms with Gasteiger partial charge in [-0.3, -0.25) is 0 Å². The largest absolute Gasteiger partial charge is 0.435 e. The molecule has 1 aromatic heterocycles. The average molecular weight is 317 g/mol. The molecule has 0 amide bonds. The molecular formula is C14H12F5N3. The molecule has 0 aliphatic heterocycles. The molecular weight excluding hydrogens is 305 g/mol. The molecule has 0 aliphatic carbocycles. The Balaban J connectivity index is 2.21. The lowest BCUT2D eigenvalue weighted by atomic mass is 10.2. The van der Waals surface area contributed by atoms with Crippen LogP contribution in [0.25, 0.3) is 0 Å². The van der Waals surface area contributed by atoms with Crippen molar-refractivity contribution in [2.75, 3.05) is 11.4 Å². The molecule has 1 heterocycles. The number of rotatable bonds is 5. The summed E-state index contributed by atoms with van der Waals surface area (Å²) < 4.78 is 62.7. The van der Waals surface area contributed by atoms with E-state index < -0.39 is 24.8 Å². The van der Waals surface area contributed by atoms with E-state index in [0.29, 0.717) is 0 Å². The van der Waals surface area contributed by atoms with E-state index in [1.807, 2.05) is 0 Å². The first-order chi connectivity index (χ1) is 10.4. The van der Waals surface area contributed by atoms with Gasteiger partial charge in [0.05, 0.1) is 6.54 Å². The number of anilines is 1. The lowest BCUT2D eigenvalue weighted by molar-refractivity contribution is -0.141. The number of benzene rings is 1. The van der Waals surface area contributed by atoms with Crippen molar-refractivity contribution in [2.45, 2.75) is 19.1 Å². The summed E-state index contributed by atoms with van der Waals surface area (Å²) in [6.07, 6.45) is -7.26. The molecule has 0 radical (unpaired) electrons. The fraction of sp³-hybridized carbons (Fsp3) is 0.286. The van der Waals surface area contributed by atoms with Gasteiger partial charge in [-0.25, -0.2) is 8.78 Å². The van der Waals surface area contributed by atoms with Crippen LogP contribution < -0.4 is 4.90 Å². The third-order valence-electron chi connectivity index (χ3n) is 2.84. The molecule has 118 valence electrons. The van der Waals surface area contributed by atoms with E-state index in [9.17, 15) is 22.0 Å². The average Bonchev–Trinajstić information content (AvgIpc) is 2.46. The maximum Gasteiger partial charge on any atom is 0.435 e. The summed E-state index contributed by atoms with van der Waals surface area (Å²) in [7, 11) is 0. The van der Waals surface area contributed by atoms with Gasteiger partial charge in [-0.2, -0.15) is 13.2 Å². The number of nitrogens with zero attached hydrogens (tertiary/aromatic N) is 3. The van der Waals surface area contributed by atoms with E-state index in [1.165, 1.54) is 4.90 Å². The summed E-state index contributed by atoms with van der Waals surface area (Å²) in [5.74, 6) is -0.0304. The van der Waals surface area contributed by atoms with Gasteiger partial charge in [0, 0.05) is 6.54 Å². The molecule has 0 spiro atoms. The van der Waals surface area contributed by atoms with Crippen molar-refractivity contribution in [1.82, 2.24) is 10.2 Å². The van der Waals surface area contributed by atoms with Crippen LogP contribution in [0.3, 0.4) is 0 Å². The fourth-order valence-electron chi connectivity index (χ4n) is 1.85. The normalized spacial score (nSPS) is 11.7. The second-order valence-corrected chi connectivity index (χ2v) is 4.53. The molecule has 0 bridgehead atoms. The monoisotopic (exact) mass is 317 g/mol. The first kappa shape index (κ1) is 16.1. The van der Waals surface area contributed by atoms with Crippen molar-refractivity contribution < 1.29 is 22.0 Å². The lowest BCUT2D eigenvalue weighted by Gasteiger charge is -2.23. The van der Waals surface area contributed by atoms with Gasteiger partial charge in [0.1, 0.15) is 0 Å². The molecule has 0 fully saturated rings. The third kappa shape index (κ3) is 4.37. The zero-order valence-corrected chi connectivity index (χ0v) is 11.3. The van der Waals surface area contributed by atoms with Crippen molar-refractivity contribution in [3.05, 3.63) is 53.7 Å². The third-order valence-corrected chi connectivity index (χ3v) is 2.84. The van der Waals surface area contributed by atoms with E-state index in [0.717, 1.165) is 17.7 Å². The van der Waals surface area contributed by atoms with Crippen LogP contribution in [0.15, 0.2) is 42.5 Å². The van der Waals surface area contributed by atoms with Gasteiger partial charge in [-0.15, -0.1) is 10.2 Å². The Bertz CT molecular complexity index is 584. The summed E-state index contributed by atoms with van der Waals surface area (Å²) >= 11 is 0. The minimum absolute atomic E-state index is 0.0304. The number of hydrogen-bond donors (Lipinski definition) is 0. The highest BCUT2D eigenvalue weighted by Crippen LogP contribution is 2.27. The SMILES string of the molecule is FC(F)CN(Cc1ccccc1)c1ccc(C(F)(F)F)nn1. The van der Waals surface area contributed by atoms with Gasteiger partial charge in [0.2, 0.25) is 0 Å². The number of aromatic nitrogens is 2. The summed E-state index contributed by atoms with van der Waals surface area (Å²) in [6.45, 7) is -0.542. The molecule has 0 unspecified atom stereocenters. The molecule has 3 nitrogen and oxygen atoms in total. The molecule has 0 aliphatic rings. The first-order valence-electron chi connectivity index (χ1n) is 6.34. The highest BCUT2D eigenvalue weighted by atomic mass is 19.4. The van der Waals surface area contributed by atoms with Crippen LogP contribution in [0.5, 0.6) is 0 Å². The van der Waals surface area contributed by atoms with Gasteiger partial charge in [-0.05, 0) is 17.7 Å². The highest BCUT2D eigenvalue weighted by molar-refractivity contribution is 5.39. The quantitative estimate of drug-likeness (QED) is 0.786. The van der Waals surface area contributed by atoms with Crippen molar-refractivity contribution in [3.63, 3.8) is 0 Å². The van der Waals surface area contributed by atoms with E-state index in [1.54, 1.807) is 30.3 Å². The first-order valence-corrected chi connectivity index (χ1v) is 6.34. The van der Waals surface area contributed by atoms with Gasteiger partial charge in [0.15, 0.2) is 11.5 Å². The van der Waals surface area contributed by atoms with Crippen molar-refractivity contribution in [3.8, 4) is 0 Å². The van der Waals surface area contributed by atoms with Crippen molar-refractivity contribution in [2.24, 2.45) is 0 Å². The van der Waals surface area contributed by atoms with Crippen LogP contribution in [0.1, 0.15) is 11.3 Å². The van der Waals surface area contributed by atoms with Gasteiger partial charge < -0.3 is 4.90 Å². The maximum atomic E-state index is 12.7. The fourth-order valence-corrected chi connectivity index (χ4v) is 1.85. The Labute approximate surface area is 123 Å². The number of hydrogen-bond acceptors (Lipinski definition) is 3. The second-order valence-electron chi connectivity index (χ2n) is 4.53. The predicted octanol–water partition coefficient (Wildman–Crippen LogP) is 3.77. The van der Waals surface area contributed by atoms with Crippen LogP contribution in [0, 0.1) is 0 Å². The molecule has 0 atom stereocenters. The van der Waals surface area contributed by atoms with Crippen LogP contribution in [0.2, 0.25) is 0 Å². The molecule has 1 aromatic carbocycles. The molecule has 0 saturated heterocycles. The van der Waals surface area contributed by atoms with E-state index >= 15 is 0 Å². The molecule has 2 aromatic rings. The summed E-state index contributed by atoms with van der Waals surface area (Å²) in [5.41, 5.74) is -0.419. The van der Waals surface area contributed by atoms with Gasteiger partial charge >= 0.3 is 6.18 Å². The minimum Gasteiger partial charge on any atom is -0.345 e. The van der Waals surface area contributed by atoms with Crippen LogP contribution in [-0.2, 0) is 12.7 Å². The summed E-state index contributed by atoms with van der Waals surface area (Å²) in [6, 6.07) is 10.5. The molecule has 2 rings (SSSR count). The Kier molecular flexibility index (Phi) is 4.89. The number of alkyl halides is 5. The van der Waals surface area contributed by atoms with Crippen molar-refractivity contribution in [1.29, 1.82) is 0 Å². The molecule has 22 heavy (non-hydrogen) atoms. The summed E-state index contributed by atoms with van der Waals surface area (Å²) in [4.78, 5) is 1.19. The van der Waals surface area contributed by atoms with Crippen LogP contribution in [0.4, 0.5) is 27.8 Å². The zero-order valence-electron chi connectivity index (χ0n) is 11.3. The Morgan fingerprint density at radius 2 is 1.64 bits per heavy atom. The minimum atomic E-state index is -4.61. The lowest BCUT2D eigenvalue weighted by Crippen LogP contribution is -2.29. The Morgan fingerprint density at radius 1 is 0.955 bits per heavy atom. The topological polar surface area (TPSA) is 29.0 Å². The van der Waals surface area contributed by atoms with E-state index in [4.69, 9.17) is 0 Å². The smallest absolute Gasteiger partial charge is 0.345 e. The second kappa shape index (κ2) is 6.67. The molecule has 0 saturated carbocycles. The van der Waals surface area contributed by atoms with Crippen LogP contribution in [-0.4, -0.2) is 23.2 Å². The van der Waals surface area contributed by atoms with Gasteiger partial charge in [0.25, 0.3) is 6.43 Å². The maximum absolute atomic E-state index is 12.7. The van der Waals surface area contributed by atoms with E-state index in [2.05, 4.69) is 10.2 Å². The predicted molar refractivity (Wildman–Crippen MR) is 70.5 cm³/mol. The van der Waals surface area contributed by atoms with Crippen LogP contribution >= 0.6 is 0 Å².